The van der Waals surface area contributed by atoms with Crippen molar-refractivity contribution in [2.75, 3.05) is 24.6 Å². The van der Waals surface area contributed by atoms with Gasteiger partial charge in [-0.15, -0.1) is 0 Å². The Balaban J connectivity index is 2.79. The lowest BCUT2D eigenvalue weighted by molar-refractivity contribution is -0.141. The fourth-order valence-electron chi connectivity index (χ4n) is 1.40. The van der Waals surface area contributed by atoms with Crippen LogP contribution in [0.15, 0.2) is 6.20 Å². The molecule has 0 fully saturated rings. The van der Waals surface area contributed by atoms with Crippen LogP contribution < -0.4 is 4.90 Å². The molecule has 0 amide bonds. The molecule has 0 aromatic carbocycles. The molecule has 0 aliphatic heterocycles. The second-order valence-electron chi connectivity index (χ2n) is 3.72. The Hall–Kier alpha value is -1.65. The minimum atomic E-state index is -0.241. The minimum Gasteiger partial charge on any atom is -0.465 e. The highest BCUT2D eigenvalue weighted by Gasteiger charge is 2.12. The van der Waals surface area contributed by atoms with E-state index in [4.69, 9.17) is 4.74 Å². The predicted octanol–water partition coefficient (Wildman–Crippen LogP) is 1.48. The zero-order valence-electron chi connectivity index (χ0n) is 10.9. The normalized spacial score (nSPS) is 10.1. The standard InChI is InChI=1S/C12H19N3O2/c1-5-15(8-12(16)17-6-2)11-7-13-9(3)10(4)14-11/h7H,5-6,8H2,1-4H3. The Bertz CT molecular complexity index is 393. The van der Waals surface area contributed by atoms with Crippen molar-refractivity contribution >= 4 is 11.8 Å². The van der Waals surface area contributed by atoms with Crippen molar-refractivity contribution in [3.63, 3.8) is 0 Å². The molecule has 0 bridgehead atoms. The van der Waals surface area contributed by atoms with Gasteiger partial charge in [0.1, 0.15) is 12.4 Å². The molecule has 0 N–H and O–H groups in total. The zero-order chi connectivity index (χ0) is 12.8. The lowest BCUT2D eigenvalue weighted by Gasteiger charge is -2.20. The summed E-state index contributed by atoms with van der Waals surface area (Å²) < 4.78 is 4.92. The first kappa shape index (κ1) is 13.4. The number of ether oxygens (including phenoxy) is 1. The van der Waals surface area contributed by atoms with Crippen molar-refractivity contribution in [2.24, 2.45) is 0 Å². The Morgan fingerprint density at radius 1 is 1.35 bits per heavy atom. The highest BCUT2D eigenvalue weighted by molar-refractivity contribution is 5.75. The molecule has 0 aliphatic rings. The Kier molecular flexibility index (Phi) is 4.87. The molecule has 5 heteroatoms. The predicted molar refractivity (Wildman–Crippen MR) is 66.0 cm³/mol. The highest BCUT2D eigenvalue weighted by Crippen LogP contribution is 2.11. The van der Waals surface area contributed by atoms with Crippen molar-refractivity contribution in [2.45, 2.75) is 27.7 Å². The molecule has 0 saturated carbocycles. The number of aromatic nitrogens is 2. The summed E-state index contributed by atoms with van der Waals surface area (Å²) in [5.41, 5.74) is 1.78. The first-order valence-corrected chi connectivity index (χ1v) is 5.79. The number of esters is 1. The van der Waals surface area contributed by atoms with Gasteiger partial charge in [-0.2, -0.15) is 0 Å². The van der Waals surface area contributed by atoms with Gasteiger partial charge in [-0.1, -0.05) is 0 Å². The summed E-state index contributed by atoms with van der Waals surface area (Å²) in [4.78, 5) is 21.9. The van der Waals surface area contributed by atoms with E-state index in [1.807, 2.05) is 25.7 Å². The molecule has 0 spiro atoms. The summed E-state index contributed by atoms with van der Waals surface area (Å²) >= 11 is 0. The van der Waals surface area contributed by atoms with E-state index in [0.29, 0.717) is 19.0 Å². The van der Waals surface area contributed by atoms with Crippen LogP contribution in [0, 0.1) is 13.8 Å². The van der Waals surface area contributed by atoms with Crippen molar-refractivity contribution < 1.29 is 9.53 Å². The van der Waals surface area contributed by atoms with Crippen molar-refractivity contribution in [3.8, 4) is 0 Å². The lowest BCUT2D eigenvalue weighted by Crippen LogP contribution is -2.31. The van der Waals surface area contributed by atoms with Gasteiger partial charge in [0.05, 0.1) is 24.2 Å². The van der Waals surface area contributed by atoms with Gasteiger partial charge >= 0.3 is 5.97 Å². The SMILES string of the molecule is CCOC(=O)CN(CC)c1cnc(C)c(C)n1. The lowest BCUT2D eigenvalue weighted by atomic mass is 10.3. The van der Waals surface area contributed by atoms with Crippen LogP contribution in [-0.2, 0) is 9.53 Å². The summed E-state index contributed by atoms with van der Waals surface area (Å²) in [7, 11) is 0. The number of nitrogens with zero attached hydrogens (tertiary/aromatic N) is 3. The summed E-state index contributed by atoms with van der Waals surface area (Å²) in [5, 5.41) is 0. The number of hydrogen-bond acceptors (Lipinski definition) is 5. The fraction of sp³-hybridized carbons (Fsp3) is 0.583. The maximum absolute atomic E-state index is 11.4. The van der Waals surface area contributed by atoms with Gasteiger partial charge in [-0.25, -0.2) is 4.98 Å². The quantitative estimate of drug-likeness (QED) is 0.726. The second kappa shape index (κ2) is 6.18. The van der Waals surface area contributed by atoms with Gasteiger partial charge in [-0.3, -0.25) is 9.78 Å². The number of carbonyl (C=O) groups is 1. The molecule has 0 saturated heterocycles. The summed E-state index contributed by atoms with van der Waals surface area (Å²) in [5.74, 6) is 0.470. The van der Waals surface area contributed by atoms with Crippen LogP contribution in [0.2, 0.25) is 0 Å². The first-order valence-electron chi connectivity index (χ1n) is 5.79. The summed E-state index contributed by atoms with van der Waals surface area (Å²) in [6.45, 7) is 8.88. The average molecular weight is 237 g/mol. The summed E-state index contributed by atoms with van der Waals surface area (Å²) in [6, 6.07) is 0. The van der Waals surface area contributed by atoms with Crippen LogP contribution >= 0.6 is 0 Å². The molecule has 0 aliphatic carbocycles. The van der Waals surface area contributed by atoms with E-state index in [1.165, 1.54) is 0 Å². The van der Waals surface area contributed by atoms with Crippen molar-refractivity contribution in [3.05, 3.63) is 17.6 Å². The molecule has 0 unspecified atom stereocenters. The fourth-order valence-corrected chi connectivity index (χ4v) is 1.40. The maximum Gasteiger partial charge on any atom is 0.325 e. The van der Waals surface area contributed by atoms with Crippen molar-refractivity contribution in [1.29, 1.82) is 0 Å². The monoisotopic (exact) mass is 237 g/mol. The largest absolute Gasteiger partial charge is 0.465 e. The van der Waals surface area contributed by atoms with Crippen LogP contribution in [0.1, 0.15) is 25.2 Å². The number of rotatable bonds is 5. The third kappa shape index (κ3) is 3.69. The molecule has 0 atom stereocenters. The number of carbonyl (C=O) groups excluding carboxylic acids is 1. The molecule has 17 heavy (non-hydrogen) atoms. The topological polar surface area (TPSA) is 55.3 Å². The van der Waals surface area contributed by atoms with Gasteiger partial charge < -0.3 is 9.64 Å². The van der Waals surface area contributed by atoms with Crippen LogP contribution in [0.25, 0.3) is 0 Å². The Labute approximate surface area is 102 Å². The van der Waals surface area contributed by atoms with E-state index >= 15 is 0 Å². The van der Waals surface area contributed by atoms with Crippen LogP contribution in [0.5, 0.6) is 0 Å². The number of aryl methyl sites for hydroxylation is 2. The van der Waals surface area contributed by atoms with Gasteiger partial charge in [0, 0.05) is 6.54 Å². The van der Waals surface area contributed by atoms with E-state index < -0.39 is 0 Å². The highest BCUT2D eigenvalue weighted by atomic mass is 16.5. The Morgan fingerprint density at radius 2 is 2.06 bits per heavy atom. The van der Waals surface area contributed by atoms with E-state index in [1.54, 1.807) is 13.1 Å². The minimum absolute atomic E-state index is 0.210. The van der Waals surface area contributed by atoms with E-state index in [-0.39, 0.29) is 12.5 Å². The van der Waals surface area contributed by atoms with Gasteiger partial charge in [0.15, 0.2) is 0 Å². The van der Waals surface area contributed by atoms with Crippen LogP contribution in [0.4, 0.5) is 5.82 Å². The third-order valence-corrected chi connectivity index (χ3v) is 2.51. The van der Waals surface area contributed by atoms with Crippen molar-refractivity contribution in [1.82, 2.24) is 9.97 Å². The molecule has 0 radical (unpaired) electrons. The number of hydrogen-bond donors (Lipinski definition) is 0. The van der Waals surface area contributed by atoms with Gasteiger partial charge in [0.2, 0.25) is 0 Å². The number of anilines is 1. The third-order valence-electron chi connectivity index (χ3n) is 2.51. The zero-order valence-corrected chi connectivity index (χ0v) is 10.9. The van der Waals surface area contributed by atoms with E-state index in [0.717, 1.165) is 11.4 Å². The molecule has 5 nitrogen and oxygen atoms in total. The van der Waals surface area contributed by atoms with Crippen LogP contribution in [0.3, 0.4) is 0 Å². The molecule has 1 rings (SSSR count). The smallest absolute Gasteiger partial charge is 0.325 e. The second-order valence-corrected chi connectivity index (χ2v) is 3.72. The van der Waals surface area contributed by atoms with Gasteiger partial charge in [-0.05, 0) is 27.7 Å². The summed E-state index contributed by atoms with van der Waals surface area (Å²) in [6.07, 6.45) is 1.69. The molecule has 1 aromatic rings. The van der Waals surface area contributed by atoms with E-state index in [2.05, 4.69) is 9.97 Å². The first-order chi connectivity index (χ1) is 8.08. The molecular weight excluding hydrogens is 218 g/mol. The molecular formula is C12H19N3O2. The Morgan fingerprint density at radius 3 is 2.59 bits per heavy atom. The van der Waals surface area contributed by atoms with E-state index in [9.17, 15) is 4.79 Å². The maximum atomic E-state index is 11.4. The molecule has 1 aromatic heterocycles. The molecule has 1 heterocycles. The van der Waals surface area contributed by atoms with Crippen LogP contribution in [-0.4, -0.2) is 35.6 Å². The molecule has 94 valence electrons. The average Bonchev–Trinajstić information content (AvgIpc) is 2.30. The van der Waals surface area contributed by atoms with Gasteiger partial charge in [0.25, 0.3) is 0 Å². The number of likely N-dealkylation sites (N-methyl/N-ethyl adjacent to an activating group) is 1.